The van der Waals surface area contributed by atoms with Gasteiger partial charge in [-0.25, -0.2) is 9.67 Å². The van der Waals surface area contributed by atoms with Crippen molar-refractivity contribution in [1.29, 1.82) is 0 Å². The Balaban J connectivity index is 1.63. The molecule has 124 valence electrons. The molecule has 0 bridgehead atoms. The van der Waals surface area contributed by atoms with Crippen molar-refractivity contribution < 1.29 is 4.79 Å². The van der Waals surface area contributed by atoms with Gasteiger partial charge in [-0.1, -0.05) is 23.7 Å². The van der Waals surface area contributed by atoms with Crippen molar-refractivity contribution in [3.8, 4) is 0 Å². The van der Waals surface area contributed by atoms with Crippen LogP contribution in [0.25, 0.3) is 11.0 Å². The fraction of sp³-hybridized carbons (Fsp3) is 0.278. The smallest absolute Gasteiger partial charge is 0.224 e. The normalized spacial score (nSPS) is 11.2. The molecule has 0 saturated heterocycles. The largest absolute Gasteiger partial charge is 0.325 e. The molecule has 2 heterocycles. The highest BCUT2D eigenvalue weighted by Gasteiger charge is 2.09. The molecular weight excluding hydrogens is 324 g/mol. The Hall–Kier alpha value is -2.40. The number of nitrogens with zero attached hydrogens (tertiary/aromatic N) is 3. The number of nitrogens with one attached hydrogen (secondary N) is 1. The van der Waals surface area contributed by atoms with Crippen molar-refractivity contribution in [2.45, 2.75) is 32.7 Å². The summed E-state index contributed by atoms with van der Waals surface area (Å²) in [4.78, 5) is 16.5. The van der Waals surface area contributed by atoms with E-state index in [9.17, 15) is 4.79 Å². The zero-order valence-electron chi connectivity index (χ0n) is 13.7. The van der Waals surface area contributed by atoms with Gasteiger partial charge in [0.2, 0.25) is 5.91 Å². The number of hydrogen-bond acceptors (Lipinski definition) is 3. The number of amides is 1. The van der Waals surface area contributed by atoms with Crippen molar-refractivity contribution in [2.75, 3.05) is 5.32 Å². The van der Waals surface area contributed by atoms with E-state index in [-0.39, 0.29) is 11.9 Å². The van der Waals surface area contributed by atoms with E-state index >= 15 is 0 Å². The topological polar surface area (TPSA) is 59.8 Å². The first kappa shape index (κ1) is 16.5. The molecule has 1 N–H and O–H groups in total. The highest BCUT2D eigenvalue weighted by molar-refractivity contribution is 6.30. The van der Waals surface area contributed by atoms with E-state index in [0.717, 1.165) is 16.6 Å². The lowest BCUT2D eigenvalue weighted by Crippen LogP contribution is -2.12. The number of hydrogen-bond donors (Lipinski definition) is 1. The van der Waals surface area contributed by atoms with Crippen LogP contribution in [0.2, 0.25) is 5.02 Å². The van der Waals surface area contributed by atoms with E-state index in [2.05, 4.69) is 29.2 Å². The fourth-order valence-electron chi connectivity index (χ4n) is 2.52. The lowest BCUT2D eigenvalue weighted by Gasteiger charge is -2.08. The lowest BCUT2D eigenvalue weighted by molar-refractivity contribution is -0.116. The number of carbonyl (C=O) groups is 1. The molecule has 0 atom stereocenters. The van der Waals surface area contributed by atoms with Gasteiger partial charge in [-0.05, 0) is 44.0 Å². The van der Waals surface area contributed by atoms with Crippen molar-refractivity contribution >= 4 is 34.2 Å². The molecule has 0 aliphatic carbocycles. The van der Waals surface area contributed by atoms with Crippen LogP contribution in [-0.2, 0) is 11.2 Å². The Kier molecular flexibility index (Phi) is 4.81. The first-order valence-corrected chi connectivity index (χ1v) is 8.28. The highest BCUT2D eigenvalue weighted by atomic mass is 35.5. The Morgan fingerprint density at radius 3 is 2.71 bits per heavy atom. The maximum Gasteiger partial charge on any atom is 0.224 e. The molecule has 0 aliphatic rings. The zero-order chi connectivity index (χ0) is 17.1. The predicted molar refractivity (Wildman–Crippen MR) is 96.3 cm³/mol. The summed E-state index contributed by atoms with van der Waals surface area (Å²) in [5.41, 5.74) is 2.59. The van der Waals surface area contributed by atoms with E-state index in [4.69, 9.17) is 11.6 Å². The molecule has 0 aliphatic heterocycles. The first-order chi connectivity index (χ1) is 11.5. The molecule has 0 saturated carbocycles. The molecule has 0 radical (unpaired) electrons. The second kappa shape index (κ2) is 7.01. The Morgan fingerprint density at radius 1 is 1.25 bits per heavy atom. The van der Waals surface area contributed by atoms with Gasteiger partial charge < -0.3 is 5.32 Å². The van der Waals surface area contributed by atoms with Gasteiger partial charge in [0.1, 0.15) is 0 Å². The number of aromatic nitrogens is 3. The van der Waals surface area contributed by atoms with Gasteiger partial charge in [0.15, 0.2) is 5.65 Å². The average molecular weight is 343 g/mol. The Morgan fingerprint density at radius 2 is 2.00 bits per heavy atom. The molecule has 2 aromatic heterocycles. The van der Waals surface area contributed by atoms with Crippen LogP contribution in [0.15, 0.2) is 42.7 Å². The summed E-state index contributed by atoms with van der Waals surface area (Å²) in [6.45, 7) is 4.11. The van der Waals surface area contributed by atoms with Crippen LogP contribution in [0.5, 0.6) is 0 Å². The van der Waals surface area contributed by atoms with Crippen LogP contribution >= 0.6 is 11.6 Å². The third kappa shape index (κ3) is 3.74. The summed E-state index contributed by atoms with van der Waals surface area (Å²) in [6, 6.07) is 9.68. The number of rotatable bonds is 5. The number of anilines is 1. The maximum absolute atomic E-state index is 12.1. The molecule has 0 fully saturated rings. The molecule has 3 aromatic rings. The number of fused-ring (bicyclic) bond motifs is 1. The summed E-state index contributed by atoms with van der Waals surface area (Å²) >= 11 is 5.86. The molecule has 0 spiro atoms. The van der Waals surface area contributed by atoms with Gasteiger partial charge >= 0.3 is 0 Å². The highest BCUT2D eigenvalue weighted by Crippen LogP contribution is 2.19. The van der Waals surface area contributed by atoms with E-state index in [1.165, 1.54) is 0 Å². The summed E-state index contributed by atoms with van der Waals surface area (Å²) in [5.74, 6) is -0.0395. The fourth-order valence-corrected chi connectivity index (χ4v) is 2.64. The van der Waals surface area contributed by atoms with Crippen LogP contribution in [0, 0.1) is 0 Å². The lowest BCUT2D eigenvalue weighted by atomic mass is 10.1. The van der Waals surface area contributed by atoms with Crippen molar-refractivity contribution in [1.82, 2.24) is 14.8 Å². The van der Waals surface area contributed by atoms with Crippen LogP contribution < -0.4 is 5.32 Å². The Bertz CT molecular complexity index is 855. The number of carbonyl (C=O) groups excluding carboxylic acids is 1. The predicted octanol–water partition coefficient (Wildman–Crippen LogP) is 4.24. The van der Waals surface area contributed by atoms with Crippen LogP contribution in [0.4, 0.5) is 5.69 Å². The molecule has 1 aromatic carbocycles. The van der Waals surface area contributed by atoms with Gasteiger partial charge in [0.25, 0.3) is 0 Å². The van der Waals surface area contributed by atoms with Gasteiger partial charge in [0.05, 0.1) is 18.1 Å². The van der Waals surface area contributed by atoms with Crippen LogP contribution in [-0.4, -0.2) is 20.7 Å². The molecule has 6 heteroatoms. The van der Waals surface area contributed by atoms with Gasteiger partial charge in [-0.2, -0.15) is 5.10 Å². The first-order valence-electron chi connectivity index (χ1n) is 7.90. The maximum atomic E-state index is 12.1. The van der Waals surface area contributed by atoms with E-state index in [1.54, 1.807) is 12.4 Å². The minimum atomic E-state index is -0.0395. The standard InChI is InChI=1S/C18H19ClN4O/c1-12(2)23-18-14(10-21-23)9-16(11-20-18)22-17(24)8-5-13-3-6-15(19)7-4-13/h3-4,6-7,9-12H,5,8H2,1-2H3,(H,22,24). The summed E-state index contributed by atoms with van der Waals surface area (Å²) < 4.78 is 1.86. The second-order valence-electron chi connectivity index (χ2n) is 5.99. The van der Waals surface area contributed by atoms with Gasteiger partial charge in [0, 0.05) is 22.9 Å². The van der Waals surface area contributed by atoms with Crippen molar-refractivity contribution in [3.63, 3.8) is 0 Å². The molecule has 1 amide bonds. The quantitative estimate of drug-likeness (QED) is 0.754. The SMILES string of the molecule is CC(C)n1ncc2cc(NC(=O)CCc3ccc(Cl)cc3)cnc21. The minimum Gasteiger partial charge on any atom is -0.325 e. The van der Waals surface area contributed by atoms with E-state index in [0.29, 0.717) is 23.6 Å². The van der Waals surface area contributed by atoms with Gasteiger partial charge in [-0.3, -0.25) is 4.79 Å². The van der Waals surface area contributed by atoms with Crippen molar-refractivity contribution in [2.24, 2.45) is 0 Å². The molecule has 5 nitrogen and oxygen atoms in total. The average Bonchev–Trinajstić information content (AvgIpc) is 2.97. The third-order valence-corrected chi connectivity index (χ3v) is 4.01. The summed E-state index contributed by atoms with van der Waals surface area (Å²) in [6.07, 6.45) is 4.52. The molecular formula is C18H19ClN4O. The molecule has 3 rings (SSSR count). The minimum absolute atomic E-state index is 0.0395. The zero-order valence-corrected chi connectivity index (χ0v) is 14.4. The number of halogens is 1. The van der Waals surface area contributed by atoms with Crippen LogP contribution in [0.3, 0.4) is 0 Å². The number of aryl methyl sites for hydroxylation is 1. The van der Waals surface area contributed by atoms with Gasteiger partial charge in [-0.15, -0.1) is 0 Å². The second-order valence-corrected chi connectivity index (χ2v) is 6.43. The monoisotopic (exact) mass is 342 g/mol. The Labute approximate surface area is 145 Å². The number of pyridine rings is 1. The van der Waals surface area contributed by atoms with E-state index < -0.39 is 0 Å². The van der Waals surface area contributed by atoms with Crippen LogP contribution in [0.1, 0.15) is 31.9 Å². The molecule has 0 unspecified atom stereocenters. The molecule has 24 heavy (non-hydrogen) atoms. The number of benzene rings is 1. The summed E-state index contributed by atoms with van der Waals surface area (Å²) in [7, 11) is 0. The van der Waals surface area contributed by atoms with E-state index in [1.807, 2.05) is 35.0 Å². The summed E-state index contributed by atoms with van der Waals surface area (Å²) in [5, 5.41) is 8.83. The third-order valence-electron chi connectivity index (χ3n) is 3.76. The van der Waals surface area contributed by atoms with Crippen molar-refractivity contribution in [3.05, 3.63) is 53.3 Å².